The number of fused-ring (bicyclic) bond motifs is 1. The average molecular weight is 276 g/mol. The van der Waals surface area contributed by atoms with E-state index in [1.807, 2.05) is 0 Å². The first-order chi connectivity index (χ1) is 9.56. The summed E-state index contributed by atoms with van der Waals surface area (Å²) in [5.74, 6) is 0.224. The Morgan fingerprint density at radius 1 is 1.35 bits per heavy atom. The fraction of sp³-hybridized carbons (Fsp3) is 0.333. The van der Waals surface area contributed by atoms with Crippen LogP contribution in [0.4, 0.5) is 0 Å². The van der Waals surface area contributed by atoms with Gasteiger partial charge in [-0.25, -0.2) is 4.79 Å². The van der Waals surface area contributed by atoms with Gasteiger partial charge in [-0.1, -0.05) is 0 Å². The molecular formula is C15H16O5. The van der Waals surface area contributed by atoms with Crippen LogP contribution in [0.25, 0.3) is 11.0 Å². The van der Waals surface area contributed by atoms with Crippen LogP contribution in [0, 0.1) is 6.92 Å². The van der Waals surface area contributed by atoms with Crippen molar-refractivity contribution >= 4 is 16.9 Å². The van der Waals surface area contributed by atoms with Crippen LogP contribution in [0.5, 0.6) is 5.75 Å². The first kappa shape index (κ1) is 14.1. The number of benzene rings is 1. The Morgan fingerprint density at radius 3 is 2.75 bits per heavy atom. The van der Waals surface area contributed by atoms with Crippen molar-refractivity contribution in [3.05, 3.63) is 39.7 Å². The standard InChI is InChI=1S/C15H16O5/c1-4-19-14(16)8-12-9(2)11-7-10(18-3)5-6-13(11)20-15(12)17/h5-7H,4,8H2,1-3H3. The Bertz CT molecular complexity index is 699. The van der Waals surface area contributed by atoms with E-state index in [4.69, 9.17) is 13.9 Å². The molecule has 0 bridgehead atoms. The van der Waals surface area contributed by atoms with Crippen molar-refractivity contribution in [1.82, 2.24) is 0 Å². The summed E-state index contributed by atoms with van der Waals surface area (Å²) < 4.78 is 15.3. The summed E-state index contributed by atoms with van der Waals surface area (Å²) in [5.41, 5.74) is 1.00. The lowest BCUT2D eigenvalue weighted by Crippen LogP contribution is -2.17. The summed E-state index contributed by atoms with van der Waals surface area (Å²) in [4.78, 5) is 23.5. The summed E-state index contributed by atoms with van der Waals surface area (Å²) in [6.07, 6.45) is -0.0881. The van der Waals surface area contributed by atoms with Gasteiger partial charge in [-0.2, -0.15) is 0 Å². The summed E-state index contributed by atoms with van der Waals surface area (Å²) in [6.45, 7) is 3.79. The third-order valence-electron chi connectivity index (χ3n) is 3.12. The number of carbonyl (C=O) groups excluding carboxylic acids is 1. The van der Waals surface area contributed by atoms with Crippen molar-refractivity contribution in [3.8, 4) is 5.75 Å². The Labute approximate surface area is 116 Å². The molecule has 5 heteroatoms. The molecule has 0 aliphatic carbocycles. The smallest absolute Gasteiger partial charge is 0.340 e. The van der Waals surface area contributed by atoms with Gasteiger partial charge in [0.05, 0.1) is 25.7 Å². The molecule has 0 aliphatic rings. The van der Waals surface area contributed by atoms with Crippen LogP contribution in [-0.4, -0.2) is 19.7 Å². The lowest BCUT2D eigenvalue weighted by molar-refractivity contribution is -0.142. The summed E-state index contributed by atoms with van der Waals surface area (Å²) in [5, 5.41) is 0.753. The van der Waals surface area contributed by atoms with E-state index >= 15 is 0 Å². The second-order valence-corrected chi connectivity index (χ2v) is 4.34. The molecule has 2 aromatic rings. The third kappa shape index (κ3) is 2.66. The van der Waals surface area contributed by atoms with Crippen molar-refractivity contribution in [3.63, 3.8) is 0 Å². The average Bonchev–Trinajstić information content (AvgIpc) is 2.43. The van der Waals surface area contributed by atoms with Crippen molar-refractivity contribution in [2.75, 3.05) is 13.7 Å². The van der Waals surface area contributed by atoms with Crippen LogP contribution < -0.4 is 10.4 Å². The van der Waals surface area contributed by atoms with Gasteiger partial charge in [0.1, 0.15) is 11.3 Å². The molecule has 0 aliphatic heterocycles. The second kappa shape index (κ2) is 5.77. The van der Waals surface area contributed by atoms with E-state index in [-0.39, 0.29) is 13.0 Å². The normalized spacial score (nSPS) is 10.6. The molecule has 0 atom stereocenters. The number of hydrogen-bond acceptors (Lipinski definition) is 5. The van der Waals surface area contributed by atoms with E-state index in [2.05, 4.69) is 0 Å². The molecule has 1 heterocycles. The van der Waals surface area contributed by atoms with Crippen LogP contribution in [0.3, 0.4) is 0 Å². The molecule has 0 radical (unpaired) electrons. The number of hydrogen-bond donors (Lipinski definition) is 0. The second-order valence-electron chi connectivity index (χ2n) is 4.34. The molecule has 0 spiro atoms. The molecule has 106 valence electrons. The van der Waals surface area contributed by atoms with Crippen LogP contribution in [-0.2, 0) is 16.0 Å². The maximum absolute atomic E-state index is 11.9. The third-order valence-corrected chi connectivity index (χ3v) is 3.12. The molecule has 0 amide bonds. The predicted octanol–water partition coefficient (Wildman–Crippen LogP) is 2.22. The molecule has 0 fully saturated rings. The maximum atomic E-state index is 11.9. The molecule has 2 rings (SSSR count). The van der Waals surface area contributed by atoms with Gasteiger partial charge in [-0.3, -0.25) is 4.79 Å². The van der Waals surface area contributed by atoms with Gasteiger partial charge in [-0.15, -0.1) is 0 Å². The van der Waals surface area contributed by atoms with Gasteiger partial charge in [0.15, 0.2) is 0 Å². The van der Waals surface area contributed by atoms with Crippen molar-refractivity contribution < 1.29 is 18.7 Å². The van der Waals surface area contributed by atoms with Gasteiger partial charge in [-0.05, 0) is 37.6 Å². The van der Waals surface area contributed by atoms with Gasteiger partial charge in [0, 0.05) is 5.39 Å². The number of ether oxygens (including phenoxy) is 2. The van der Waals surface area contributed by atoms with E-state index in [0.717, 1.165) is 5.39 Å². The van der Waals surface area contributed by atoms with Crippen LogP contribution in [0.1, 0.15) is 18.1 Å². The molecule has 5 nitrogen and oxygen atoms in total. The van der Waals surface area contributed by atoms with E-state index < -0.39 is 11.6 Å². The van der Waals surface area contributed by atoms with Crippen molar-refractivity contribution in [2.45, 2.75) is 20.3 Å². The van der Waals surface area contributed by atoms with Crippen LogP contribution in [0.15, 0.2) is 27.4 Å². The Morgan fingerprint density at radius 2 is 2.10 bits per heavy atom. The quantitative estimate of drug-likeness (QED) is 0.632. The highest BCUT2D eigenvalue weighted by Crippen LogP contribution is 2.24. The largest absolute Gasteiger partial charge is 0.497 e. The molecule has 0 saturated heterocycles. The highest BCUT2D eigenvalue weighted by atomic mass is 16.5. The topological polar surface area (TPSA) is 65.7 Å². The predicted molar refractivity (Wildman–Crippen MR) is 74.1 cm³/mol. The van der Waals surface area contributed by atoms with Gasteiger partial charge in [0.25, 0.3) is 0 Å². The summed E-state index contributed by atoms with van der Waals surface area (Å²) in [6, 6.07) is 5.18. The van der Waals surface area contributed by atoms with E-state index in [0.29, 0.717) is 22.5 Å². The van der Waals surface area contributed by atoms with Crippen LogP contribution in [0.2, 0.25) is 0 Å². The van der Waals surface area contributed by atoms with E-state index in [1.54, 1.807) is 39.2 Å². The molecule has 1 aromatic heterocycles. The molecule has 1 aromatic carbocycles. The minimum absolute atomic E-state index is 0.0881. The minimum atomic E-state index is -0.506. The fourth-order valence-electron chi connectivity index (χ4n) is 2.06. The van der Waals surface area contributed by atoms with Gasteiger partial charge >= 0.3 is 11.6 Å². The molecule has 0 N–H and O–H groups in total. The first-order valence-corrected chi connectivity index (χ1v) is 6.32. The van der Waals surface area contributed by atoms with Gasteiger partial charge < -0.3 is 13.9 Å². The lowest BCUT2D eigenvalue weighted by atomic mass is 10.0. The molecular weight excluding hydrogens is 260 g/mol. The highest BCUT2D eigenvalue weighted by Gasteiger charge is 2.15. The van der Waals surface area contributed by atoms with Crippen molar-refractivity contribution in [2.24, 2.45) is 0 Å². The number of methoxy groups -OCH3 is 1. The number of aryl methyl sites for hydroxylation is 1. The Balaban J connectivity index is 2.54. The zero-order valence-corrected chi connectivity index (χ0v) is 11.7. The number of carbonyl (C=O) groups is 1. The lowest BCUT2D eigenvalue weighted by Gasteiger charge is -2.08. The summed E-state index contributed by atoms with van der Waals surface area (Å²) in [7, 11) is 1.56. The number of rotatable bonds is 4. The zero-order valence-electron chi connectivity index (χ0n) is 11.7. The Kier molecular flexibility index (Phi) is 4.08. The SMILES string of the molecule is CCOC(=O)Cc1c(C)c2cc(OC)ccc2oc1=O. The highest BCUT2D eigenvalue weighted by molar-refractivity contribution is 5.84. The van der Waals surface area contributed by atoms with E-state index in [9.17, 15) is 9.59 Å². The minimum Gasteiger partial charge on any atom is -0.497 e. The first-order valence-electron chi connectivity index (χ1n) is 6.32. The van der Waals surface area contributed by atoms with Gasteiger partial charge in [0.2, 0.25) is 0 Å². The molecule has 20 heavy (non-hydrogen) atoms. The monoisotopic (exact) mass is 276 g/mol. The fourth-order valence-corrected chi connectivity index (χ4v) is 2.06. The Hall–Kier alpha value is -2.30. The maximum Gasteiger partial charge on any atom is 0.340 e. The van der Waals surface area contributed by atoms with E-state index in [1.165, 1.54) is 0 Å². The molecule has 0 saturated carbocycles. The number of esters is 1. The van der Waals surface area contributed by atoms with Crippen LogP contribution >= 0.6 is 0 Å². The molecule has 0 unspecified atom stereocenters. The van der Waals surface area contributed by atoms with Crippen molar-refractivity contribution in [1.29, 1.82) is 0 Å². The summed E-state index contributed by atoms with van der Waals surface area (Å²) >= 11 is 0. The zero-order chi connectivity index (χ0) is 14.7.